The molecule has 0 aromatic carbocycles. The van der Waals surface area contributed by atoms with Crippen LogP contribution in [0.2, 0.25) is 0 Å². The highest BCUT2D eigenvalue weighted by atomic mass is 19.4. The molecular formula is C7H8F3N3. The zero-order chi connectivity index (χ0) is 9.90. The summed E-state index contributed by atoms with van der Waals surface area (Å²) in [5.74, 6) is 0.329. The summed E-state index contributed by atoms with van der Waals surface area (Å²) < 4.78 is 36.0. The Balaban J connectivity index is 2.81. The first kappa shape index (κ1) is 9.91. The van der Waals surface area contributed by atoms with Crippen molar-refractivity contribution in [3.63, 3.8) is 0 Å². The van der Waals surface area contributed by atoms with Crippen molar-refractivity contribution in [3.8, 4) is 0 Å². The predicted molar refractivity (Wildman–Crippen MR) is 39.8 cm³/mol. The van der Waals surface area contributed by atoms with E-state index in [1.54, 1.807) is 0 Å². The fraction of sp³-hybridized carbons (Fsp3) is 0.429. The van der Waals surface area contributed by atoms with Crippen molar-refractivity contribution in [2.75, 3.05) is 6.54 Å². The van der Waals surface area contributed by atoms with Crippen LogP contribution in [-0.2, 0) is 12.6 Å². The smallest absolute Gasteiger partial charge is 0.330 e. The van der Waals surface area contributed by atoms with E-state index in [9.17, 15) is 13.2 Å². The first-order chi connectivity index (χ1) is 6.04. The molecule has 1 heterocycles. The molecule has 72 valence electrons. The highest BCUT2D eigenvalue weighted by Gasteiger charge is 2.31. The monoisotopic (exact) mass is 191 g/mol. The molecule has 0 bridgehead atoms. The maximum atomic E-state index is 12.0. The fourth-order valence-corrected chi connectivity index (χ4v) is 0.759. The van der Waals surface area contributed by atoms with Gasteiger partial charge in [-0.05, 0) is 6.54 Å². The van der Waals surface area contributed by atoms with Crippen LogP contribution < -0.4 is 5.73 Å². The van der Waals surface area contributed by atoms with E-state index in [-0.39, 0.29) is 0 Å². The lowest BCUT2D eigenvalue weighted by molar-refractivity contribution is -0.138. The molecule has 1 aromatic heterocycles. The zero-order valence-electron chi connectivity index (χ0n) is 6.67. The molecule has 0 fully saturated rings. The molecule has 0 aliphatic heterocycles. The lowest BCUT2D eigenvalue weighted by atomic mass is 10.3. The summed E-state index contributed by atoms with van der Waals surface area (Å²) in [6.07, 6.45) is -2.46. The molecule has 0 aliphatic rings. The molecule has 0 radical (unpaired) electrons. The Labute approximate surface area is 72.8 Å². The molecule has 0 saturated carbocycles. The van der Waals surface area contributed by atoms with Crippen LogP contribution in [0.5, 0.6) is 0 Å². The van der Waals surface area contributed by atoms with Gasteiger partial charge >= 0.3 is 6.18 Å². The van der Waals surface area contributed by atoms with Gasteiger partial charge in [-0.25, -0.2) is 9.97 Å². The molecule has 0 aliphatic carbocycles. The quantitative estimate of drug-likeness (QED) is 0.758. The van der Waals surface area contributed by atoms with Crippen LogP contribution in [-0.4, -0.2) is 16.5 Å². The van der Waals surface area contributed by atoms with Crippen LogP contribution in [0.4, 0.5) is 13.2 Å². The SMILES string of the molecule is NCCc1ncc(C(F)(F)F)cn1. The van der Waals surface area contributed by atoms with Gasteiger partial charge < -0.3 is 5.73 Å². The van der Waals surface area contributed by atoms with Gasteiger partial charge in [-0.2, -0.15) is 13.2 Å². The molecule has 6 heteroatoms. The van der Waals surface area contributed by atoms with Crippen LogP contribution >= 0.6 is 0 Å². The Morgan fingerprint density at radius 2 is 1.77 bits per heavy atom. The van der Waals surface area contributed by atoms with Gasteiger partial charge in [-0.3, -0.25) is 0 Å². The predicted octanol–water partition coefficient (Wildman–Crippen LogP) is 0.997. The molecule has 0 amide bonds. The number of hydrogen-bond donors (Lipinski definition) is 1. The van der Waals surface area contributed by atoms with Gasteiger partial charge in [0.25, 0.3) is 0 Å². The van der Waals surface area contributed by atoms with E-state index in [1.807, 2.05) is 0 Å². The minimum atomic E-state index is -4.37. The summed E-state index contributed by atoms with van der Waals surface area (Å²) in [5, 5.41) is 0. The molecule has 2 N–H and O–H groups in total. The number of rotatable bonds is 2. The van der Waals surface area contributed by atoms with Crippen LogP contribution in [0.25, 0.3) is 0 Å². The van der Waals surface area contributed by atoms with E-state index in [0.29, 0.717) is 18.8 Å². The third-order valence-corrected chi connectivity index (χ3v) is 1.40. The van der Waals surface area contributed by atoms with Crippen LogP contribution in [0.3, 0.4) is 0 Å². The first-order valence-electron chi connectivity index (χ1n) is 3.62. The van der Waals surface area contributed by atoms with Gasteiger partial charge in [-0.15, -0.1) is 0 Å². The molecule has 0 spiro atoms. The second-order valence-electron chi connectivity index (χ2n) is 2.42. The maximum absolute atomic E-state index is 12.0. The summed E-state index contributed by atoms with van der Waals surface area (Å²) in [6.45, 7) is 0.325. The standard InChI is InChI=1S/C7H8F3N3/c8-7(9,10)5-3-12-6(1-2-11)13-4-5/h3-4H,1-2,11H2. The third kappa shape index (κ3) is 2.66. The van der Waals surface area contributed by atoms with Crippen molar-refractivity contribution >= 4 is 0 Å². The minimum Gasteiger partial charge on any atom is -0.330 e. The fourth-order valence-electron chi connectivity index (χ4n) is 0.759. The van der Waals surface area contributed by atoms with E-state index in [0.717, 1.165) is 12.4 Å². The van der Waals surface area contributed by atoms with Crippen LogP contribution in [0.1, 0.15) is 11.4 Å². The Morgan fingerprint density at radius 3 is 2.15 bits per heavy atom. The largest absolute Gasteiger partial charge is 0.419 e. The molecule has 1 rings (SSSR count). The summed E-state index contributed by atoms with van der Waals surface area (Å²) in [5.41, 5.74) is 4.34. The normalized spacial score (nSPS) is 11.7. The second kappa shape index (κ2) is 3.69. The van der Waals surface area contributed by atoms with Crippen molar-refractivity contribution in [3.05, 3.63) is 23.8 Å². The molecule has 3 nitrogen and oxygen atoms in total. The van der Waals surface area contributed by atoms with Crippen LogP contribution in [0, 0.1) is 0 Å². The van der Waals surface area contributed by atoms with E-state index in [1.165, 1.54) is 0 Å². The Morgan fingerprint density at radius 1 is 1.23 bits per heavy atom. The van der Waals surface area contributed by atoms with Crippen molar-refractivity contribution < 1.29 is 13.2 Å². The molecular weight excluding hydrogens is 183 g/mol. The number of alkyl halides is 3. The van der Waals surface area contributed by atoms with Gasteiger partial charge in [0.2, 0.25) is 0 Å². The highest BCUT2D eigenvalue weighted by molar-refractivity contribution is 5.09. The first-order valence-corrected chi connectivity index (χ1v) is 3.62. The number of hydrogen-bond acceptors (Lipinski definition) is 3. The number of nitrogens with two attached hydrogens (primary N) is 1. The Kier molecular flexibility index (Phi) is 2.82. The van der Waals surface area contributed by atoms with Crippen molar-refractivity contribution in [2.45, 2.75) is 12.6 Å². The van der Waals surface area contributed by atoms with Gasteiger partial charge in [0, 0.05) is 18.8 Å². The van der Waals surface area contributed by atoms with Gasteiger partial charge in [0.1, 0.15) is 5.82 Å². The average molecular weight is 191 g/mol. The number of aromatic nitrogens is 2. The minimum absolute atomic E-state index is 0.325. The molecule has 1 aromatic rings. The Hall–Kier alpha value is -1.17. The highest BCUT2D eigenvalue weighted by Crippen LogP contribution is 2.27. The number of halogens is 3. The van der Waals surface area contributed by atoms with E-state index >= 15 is 0 Å². The van der Waals surface area contributed by atoms with Crippen molar-refractivity contribution in [1.82, 2.24) is 9.97 Å². The lowest BCUT2D eigenvalue weighted by Crippen LogP contribution is -2.10. The lowest BCUT2D eigenvalue weighted by Gasteiger charge is -2.05. The summed E-state index contributed by atoms with van der Waals surface area (Å²) in [7, 11) is 0. The second-order valence-corrected chi connectivity index (χ2v) is 2.42. The Bertz CT molecular complexity index is 267. The van der Waals surface area contributed by atoms with Crippen molar-refractivity contribution in [2.24, 2.45) is 5.73 Å². The van der Waals surface area contributed by atoms with Crippen molar-refractivity contribution in [1.29, 1.82) is 0 Å². The molecule has 13 heavy (non-hydrogen) atoms. The molecule has 0 atom stereocenters. The summed E-state index contributed by atoms with van der Waals surface area (Å²) >= 11 is 0. The number of nitrogens with zero attached hydrogens (tertiary/aromatic N) is 2. The zero-order valence-corrected chi connectivity index (χ0v) is 6.67. The van der Waals surface area contributed by atoms with Crippen LogP contribution in [0.15, 0.2) is 12.4 Å². The summed E-state index contributed by atoms with van der Waals surface area (Å²) in [4.78, 5) is 7.05. The van der Waals surface area contributed by atoms with E-state index in [4.69, 9.17) is 5.73 Å². The third-order valence-electron chi connectivity index (χ3n) is 1.40. The molecule has 0 unspecified atom stereocenters. The molecule has 0 saturated heterocycles. The van der Waals surface area contributed by atoms with Gasteiger partial charge in [0.15, 0.2) is 0 Å². The van der Waals surface area contributed by atoms with E-state index in [2.05, 4.69) is 9.97 Å². The topological polar surface area (TPSA) is 51.8 Å². The van der Waals surface area contributed by atoms with Gasteiger partial charge in [0.05, 0.1) is 5.56 Å². The summed E-state index contributed by atoms with van der Waals surface area (Å²) in [6, 6.07) is 0. The van der Waals surface area contributed by atoms with Gasteiger partial charge in [-0.1, -0.05) is 0 Å². The van der Waals surface area contributed by atoms with E-state index < -0.39 is 11.7 Å². The maximum Gasteiger partial charge on any atom is 0.419 e. The average Bonchev–Trinajstić information content (AvgIpc) is 2.04.